The first-order chi connectivity index (χ1) is 11.7. The van der Waals surface area contributed by atoms with Crippen molar-refractivity contribution < 1.29 is 39.1 Å². The van der Waals surface area contributed by atoms with Crippen molar-refractivity contribution in [3.05, 3.63) is 11.3 Å². The van der Waals surface area contributed by atoms with Crippen molar-refractivity contribution in [2.24, 2.45) is 4.99 Å². The van der Waals surface area contributed by atoms with E-state index in [1.54, 1.807) is 20.8 Å². The van der Waals surface area contributed by atoms with Crippen molar-refractivity contribution in [2.75, 3.05) is 13.2 Å². The van der Waals surface area contributed by atoms with E-state index in [1.807, 2.05) is 0 Å². The molecule has 2 rings (SSSR count). The Morgan fingerprint density at radius 2 is 2.08 bits per heavy atom. The lowest BCUT2D eigenvalue weighted by Crippen LogP contribution is -2.42. The van der Waals surface area contributed by atoms with Crippen molar-refractivity contribution in [1.29, 1.82) is 0 Å². The highest BCUT2D eigenvalue weighted by atomic mass is 16.8. The third-order valence-corrected chi connectivity index (χ3v) is 3.83. The number of aliphatic imine (C=N–C) groups is 1. The summed E-state index contributed by atoms with van der Waals surface area (Å²) in [4.78, 5) is 15.6. The highest BCUT2D eigenvalue weighted by molar-refractivity contribution is 6.09. The summed E-state index contributed by atoms with van der Waals surface area (Å²) in [6.07, 6.45) is -3.48. The Hall–Kier alpha value is -1.52. The molecule has 0 aromatic rings. The number of hydrogen-bond donors (Lipinski definition) is 3. The predicted molar refractivity (Wildman–Crippen MR) is 86.0 cm³/mol. The van der Waals surface area contributed by atoms with Crippen LogP contribution in [0.25, 0.3) is 0 Å². The molecule has 0 radical (unpaired) electrons. The van der Waals surface area contributed by atoms with Crippen LogP contribution in [0.15, 0.2) is 16.3 Å². The maximum absolute atomic E-state index is 11.7. The molecule has 2 aliphatic heterocycles. The van der Waals surface area contributed by atoms with Crippen LogP contribution in [0.2, 0.25) is 0 Å². The van der Waals surface area contributed by atoms with E-state index in [1.165, 1.54) is 6.92 Å². The number of ether oxygens (including phenoxy) is 4. The van der Waals surface area contributed by atoms with Crippen LogP contribution in [0.4, 0.5) is 0 Å². The Balaban J connectivity index is 1.94. The zero-order chi connectivity index (χ0) is 18.8. The zero-order valence-corrected chi connectivity index (χ0v) is 14.7. The molecule has 3 N–H and O–H groups in total. The Morgan fingerprint density at radius 3 is 2.64 bits per heavy atom. The van der Waals surface area contributed by atoms with Gasteiger partial charge in [-0.3, -0.25) is 4.99 Å². The minimum Gasteiger partial charge on any atom is -0.512 e. The van der Waals surface area contributed by atoms with Crippen molar-refractivity contribution >= 4 is 12.2 Å². The smallest absolute Gasteiger partial charge is 0.343 e. The van der Waals surface area contributed by atoms with Crippen molar-refractivity contribution in [3.63, 3.8) is 0 Å². The number of hydrogen-bond acceptors (Lipinski definition) is 9. The quantitative estimate of drug-likeness (QED) is 0.263. The van der Waals surface area contributed by atoms with Crippen molar-refractivity contribution in [1.82, 2.24) is 0 Å². The molecule has 25 heavy (non-hydrogen) atoms. The van der Waals surface area contributed by atoms with E-state index in [-0.39, 0.29) is 24.5 Å². The molecule has 9 nitrogen and oxygen atoms in total. The number of allylic oxidation sites excluding steroid dienone is 1. The predicted octanol–water partition coefficient (Wildman–Crippen LogP) is 0.0505. The SMILES string of the molecule is CCOC(=O)/C(C=NC[C@@H](O)[C@H]1O[C@@H]2OC(C)(C)O[C@@H]2[C@H]1O)=C(/C)O. The molecule has 0 aliphatic carbocycles. The highest BCUT2D eigenvalue weighted by Gasteiger charge is 2.55. The van der Waals surface area contributed by atoms with E-state index in [9.17, 15) is 20.1 Å². The monoisotopic (exact) mass is 359 g/mol. The van der Waals surface area contributed by atoms with E-state index >= 15 is 0 Å². The number of rotatable bonds is 6. The standard InChI is InChI=1S/C16H25NO8/c1-5-22-14(21)9(8(2)18)6-17-7-10(19)12-11(20)13-15(23-12)25-16(3,4)24-13/h6,10-13,15,18-20H,5,7H2,1-4H3/b9-8-,17-6?/t10-,11+,12-,13-,15-/m1/s1. The third kappa shape index (κ3) is 4.56. The van der Waals surface area contributed by atoms with Crippen LogP contribution in [0, 0.1) is 0 Å². The van der Waals surface area contributed by atoms with Gasteiger partial charge in [0.2, 0.25) is 0 Å². The second-order valence-corrected chi connectivity index (χ2v) is 6.34. The molecule has 0 aromatic heterocycles. The van der Waals surface area contributed by atoms with E-state index in [4.69, 9.17) is 18.9 Å². The Kier molecular flexibility index (Phi) is 6.17. The number of aliphatic hydroxyl groups is 3. The molecular weight excluding hydrogens is 334 g/mol. The lowest BCUT2D eigenvalue weighted by atomic mass is 10.1. The fraction of sp³-hybridized carbons (Fsp3) is 0.750. The van der Waals surface area contributed by atoms with Gasteiger partial charge in [-0.25, -0.2) is 4.79 Å². The average Bonchev–Trinajstić information content (AvgIpc) is 2.96. The Bertz CT molecular complexity index is 554. The van der Waals surface area contributed by atoms with Gasteiger partial charge in [0.25, 0.3) is 0 Å². The second-order valence-electron chi connectivity index (χ2n) is 6.34. The number of carbonyl (C=O) groups excluding carboxylic acids is 1. The molecule has 0 unspecified atom stereocenters. The first-order valence-corrected chi connectivity index (χ1v) is 8.10. The molecule has 0 aromatic carbocycles. The van der Waals surface area contributed by atoms with Crippen LogP contribution in [-0.4, -0.2) is 77.1 Å². The van der Waals surface area contributed by atoms with E-state index in [2.05, 4.69) is 4.99 Å². The maximum atomic E-state index is 11.7. The summed E-state index contributed by atoms with van der Waals surface area (Å²) in [5.74, 6) is -1.81. The zero-order valence-electron chi connectivity index (χ0n) is 14.7. The van der Waals surface area contributed by atoms with Gasteiger partial charge in [0.1, 0.15) is 35.7 Å². The molecule has 0 spiro atoms. The van der Waals surface area contributed by atoms with Gasteiger partial charge >= 0.3 is 5.97 Å². The van der Waals surface area contributed by atoms with Gasteiger partial charge in [0.05, 0.1) is 13.2 Å². The topological polar surface area (TPSA) is 127 Å². The lowest BCUT2D eigenvalue weighted by molar-refractivity contribution is -0.224. The summed E-state index contributed by atoms with van der Waals surface area (Å²) in [7, 11) is 0. The molecule has 2 fully saturated rings. The molecule has 2 heterocycles. The van der Waals surface area contributed by atoms with Crippen LogP contribution < -0.4 is 0 Å². The van der Waals surface area contributed by atoms with Crippen LogP contribution >= 0.6 is 0 Å². The summed E-state index contributed by atoms with van der Waals surface area (Å²) >= 11 is 0. The van der Waals surface area contributed by atoms with Crippen molar-refractivity contribution in [3.8, 4) is 0 Å². The minimum atomic E-state index is -1.14. The molecule has 0 amide bonds. The summed E-state index contributed by atoms with van der Waals surface area (Å²) < 4.78 is 21.4. The van der Waals surface area contributed by atoms with E-state index in [0.29, 0.717) is 0 Å². The van der Waals surface area contributed by atoms with Crippen LogP contribution in [0.3, 0.4) is 0 Å². The lowest BCUT2D eigenvalue weighted by Gasteiger charge is -2.25. The fourth-order valence-corrected chi connectivity index (χ4v) is 2.69. The van der Waals surface area contributed by atoms with Crippen molar-refractivity contribution in [2.45, 2.75) is 64.2 Å². The molecule has 0 saturated carbocycles. The number of esters is 1. The molecule has 5 atom stereocenters. The first kappa shape index (κ1) is 19.8. The van der Waals surface area contributed by atoms with Gasteiger partial charge in [0.15, 0.2) is 12.1 Å². The number of nitrogens with zero attached hydrogens (tertiary/aromatic N) is 1. The summed E-state index contributed by atoms with van der Waals surface area (Å²) in [6.45, 7) is 6.39. The van der Waals surface area contributed by atoms with Crippen LogP contribution in [0.5, 0.6) is 0 Å². The molecule has 2 saturated heterocycles. The van der Waals surface area contributed by atoms with Gasteiger partial charge < -0.3 is 34.3 Å². The summed E-state index contributed by atoms with van der Waals surface area (Å²) in [6, 6.07) is 0. The first-order valence-electron chi connectivity index (χ1n) is 8.10. The van der Waals surface area contributed by atoms with E-state index < -0.39 is 42.5 Å². The number of fused-ring (bicyclic) bond motifs is 1. The minimum absolute atomic E-state index is 0.104. The highest BCUT2D eigenvalue weighted by Crippen LogP contribution is 2.38. The number of carbonyl (C=O) groups is 1. The fourth-order valence-electron chi connectivity index (χ4n) is 2.69. The number of aliphatic hydroxyl groups excluding tert-OH is 3. The Morgan fingerprint density at radius 1 is 1.40 bits per heavy atom. The van der Waals surface area contributed by atoms with Gasteiger partial charge in [-0.2, -0.15) is 0 Å². The van der Waals surface area contributed by atoms with Gasteiger partial charge in [-0.05, 0) is 27.7 Å². The van der Waals surface area contributed by atoms with Gasteiger partial charge in [-0.15, -0.1) is 0 Å². The van der Waals surface area contributed by atoms with Crippen LogP contribution in [0.1, 0.15) is 27.7 Å². The molecular formula is C16H25NO8. The molecule has 9 heteroatoms. The van der Waals surface area contributed by atoms with Crippen LogP contribution in [-0.2, 0) is 23.7 Å². The summed E-state index contributed by atoms with van der Waals surface area (Å²) in [5.41, 5.74) is -0.104. The molecule has 0 bridgehead atoms. The maximum Gasteiger partial charge on any atom is 0.343 e. The Labute approximate surface area is 145 Å². The largest absolute Gasteiger partial charge is 0.512 e. The van der Waals surface area contributed by atoms with E-state index in [0.717, 1.165) is 6.21 Å². The summed E-state index contributed by atoms with van der Waals surface area (Å²) in [5, 5.41) is 30.0. The van der Waals surface area contributed by atoms with Gasteiger partial charge in [-0.1, -0.05) is 0 Å². The molecule has 142 valence electrons. The average molecular weight is 359 g/mol. The third-order valence-electron chi connectivity index (χ3n) is 3.83. The second kappa shape index (κ2) is 7.79. The normalized spacial score (nSPS) is 33.2. The molecule has 2 aliphatic rings. The van der Waals surface area contributed by atoms with Gasteiger partial charge in [0, 0.05) is 6.21 Å².